The van der Waals surface area contributed by atoms with E-state index in [1.54, 1.807) is 38.1 Å². The summed E-state index contributed by atoms with van der Waals surface area (Å²) in [5, 5.41) is 0. The van der Waals surface area contributed by atoms with Gasteiger partial charge in [0.2, 0.25) is 10.0 Å². The molecule has 8 heteroatoms. The van der Waals surface area contributed by atoms with Gasteiger partial charge in [0.05, 0.1) is 6.54 Å². The Morgan fingerprint density at radius 2 is 1.67 bits per heavy atom. The van der Waals surface area contributed by atoms with Crippen LogP contribution in [0.4, 0.5) is 8.78 Å². The predicted molar refractivity (Wildman–Crippen MR) is 86.0 cm³/mol. The maximum absolute atomic E-state index is 14.0. The number of halogens is 2. The van der Waals surface area contributed by atoms with Crippen LogP contribution in [0.15, 0.2) is 39.6 Å². The molecule has 132 valence electrons. The molecule has 5 nitrogen and oxygen atoms in total. The van der Waals surface area contributed by atoms with Crippen molar-refractivity contribution in [3.63, 3.8) is 0 Å². The van der Waals surface area contributed by atoms with Gasteiger partial charge < -0.3 is 9.32 Å². The highest BCUT2D eigenvalue weighted by molar-refractivity contribution is 7.89. The lowest BCUT2D eigenvalue weighted by molar-refractivity contribution is 0.308. The number of likely N-dealkylation sites (N-methyl/N-ethyl adjacent to an activating group) is 1. The Balaban J connectivity index is 2.40. The van der Waals surface area contributed by atoms with Gasteiger partial charge in [-0.15, -0.1) is 0 Å². The molecule has 0 aliphatic rings. The van der Waals surface area contributed by atoms with Gasteiger partial charge in [0.15, 0.2) is 4.90 Å². The van der Waals surface area contributed by atoms with Gasteiger partial charge in [-0.05, 0) is 45.3 Å². The lowest BCUT2D eigenvalue weighted by atomic mass is 10.3. The third kappa shape index (κ3) is 4.19. The Morgan fingerprint density at radius 1 is 1.04 bits per heavy atom. The third-order valence-corrected chi connectivity index (χ3v) is 5.34. The van der Waals surface area contributed by atoms with Gasteiger partial charge in [-0.25, -0.2) is 17.2 Å². The Kier molecular flexibility index (Phi) is 5.74. The van der Waals surface area contributed by atoms with Crippen LogP contribution in [0.25, 0.3) is 0 Å². The Hall–Kier alpha value is -1.77. The summed E-state index contributed by atoms with van der Waals surface area (Å²) < 4.78 is 59.9. The molecule has 0 atom stereocenters. The summed E-state index contributed by atoms with van der Waals surface area (Å²) in [6.45, 7) is 2.11. The molecule has 2 aromatic rings. The smallest absolute Gasteiger partial charge is 0.249 e. The van der Waals surface area contributed by atoms with E-state index in [2.05, 4.69) is 0 Å². The fourth-order valence-corrected chi connectivity index (χ4v) is 3.70. The summed E-state index contributed by atoms with van der Waals surface area (Å²) in [6.07, 6.45) is 0. The minimum atomic E-state index is -4.35. The van der Waals surface area contributed by atoms with Crippen molar-refractivity contribution >= 4 is 10.0 Å². The number of nitrogens with zero attached hydrogens (tertiary/aromatic N) is 2. The van der Waals surface area contributed by atoms with Gasteiger partial charge in [0.1, 0.15) is 23.2 Å². The second-order valence-electron chi connectivity index (χ2n) is 5.71. The average Bonchev–Trinajstić information content (AvgIpc) is 2.88. The monoisotopic (exact) mass is 358 g/mol. The van der Waals surface area contributed by atoms with Crippen molar-refractivity contribution in [2.75, 3.05) is 27.2 Å². The minimum Gasteiger partial charge on any atom is -0.465 e. The molecule has 0 saturated carbocycles. The molecular weight excluding hydrogens is 338 g/mol. The summed E-state index contributed by atoms with van der Waals surface area (Å²) >= 11 is 0. The molecular formula is C16H20F2N2O3S. The summed E-state index contributed by atoms with van der Waals surface area (Å²) in [4.78, 5) is 0.847. The SMILES string of the molecule is Cc1ccc(CN(CCN(C)C)S(=O)(=O)c2c(F)cccc2F)o1. The molecule has 24 heavy (non-hydrogen) atoms. The molecule has 0 N–H and O–H groups in total. The van der Waals surface area contributed by atoms with E-state index in [9.17, 15) is 17.2 Å². The lowest BCUT2D eigenvalue weighted by Crippen LogP contribution is -2.37. The molecule has 2 rings (SSSR count). The van der Waals surface area contributed by atoms with Crippen molar-refractivity contribution in [3.8, 4) is 0 Å². The highest BCUT2D eigenvalue weighted by Crippen LogP contribution is 2.24. The normalized spacial score (nSPS) is 12.3. The van der Waals surface area contributed by atoms with Crippen LogP contribution >= 0.6 is 0 Å². The fourth-order valence-electron chi connectivity index (χ4n) is 2.20. The number of rotatable bonds is 7. The second-order valence-corrected chi connectivity index (χ2v) is 7.58. The molecule has 0 bridgehead atoms. The quantitative estimate of drug-likeness (QED) is 0.764. The first-order valence-electron chi connectivity index (χ1n) is 7.36. The van der Waals surface area contributed by atoms with Crippen molar-refractivity contribution in [2.45, 2.75) is 18.4 Å². The summed E-state index contributed by atoms with van der Waals surface area (Å²) in [5.74, 6) is -1.18. The highest BCUT2D eigenvalue weighted by Gasteiger charge is 2.31. The zero-order chi connectivity index (χ0) is 17.9. The van der Waals surface area contributed by atoms with E-state index in [0.717, 1.165) is 22.5 Å². The average molecular weight is 358 g/mol. The molecule has 0 amide bonds. The van der Waals surface area contributed by atoms with Gasteiger partial charge in [-0.1, -0.05) is 6.07 Å². The van der Waals surface area contributed by atoms with Crippen LogP contribution in [0.2, 0.25) is 0 Å². The van der Waals surface area contributed by atoms with Crippen molar-refractivity contribution in [1.82, 2.24) is 9.21 Å². The number of sulfonamides is 1. The topological polar surface area (TPSA) is 53.8 Å². The molecule has 0 spiro atoms. The highest BCUT2D eigenvalue weighted by atomic mass is 32.2. The van der Waals surface area contributed by atoms with E-state index >= 15 is 0 Å². The van der Waals surface area contributed by atoms with Crippen LogP contribution in [0, 0.1) is 18.6 Å². The van der Waals surface area contributed by atoms with Crippen molar-refractivity contribution in [2.24, 2.45) is 0 Å². The second kappa shape index (κ2) is 7.42. The first-order chi connectivity index (χ1) is 11.2. The van der Waals surface area contributed by atoms with Crippen LogP contribution in [0.1, 0.15) is 11.5 Å². The molecule has 0 saturated heterocycles. The Bertz CT molecular complexity index is 783. The van der Waals surface area contributed by atoms with Gasteiger partial charge >= 0.3 is 0 Å². The van der Waals surface area contributed by atoms with Crippen LogP contribution < -0.4 is 0 Å². The molecule has 1 aromatic carbocycles. The van der Waals surface area contributed by atoms with Gasteiger partial charge in [-0.2, -0.15) is 4.31 Å². The van der Waals surface area contributed by atoms with E-state index in [4.69, 9.17) is 4.42 Å². The molecule has 0 radical (unpaired) electrons. The van der Waals surface area contributed by atoms with E-state index in [1.807, 2.05) is 0 Å². The predicted octanol–water partition coefficient (Wildman–Crippen LogP) is 2.62. The first-order valence-corrected chi connectivity index (χ1v) is 8.80. The van der Waals surface area contributed by atoms with Gasteiger partial charge in [-0.3, -0.25) is 0 Å². The molecule has 0 aliphatic heterocycles. The molecule has 0 unspecified atom stereocenters. The Morgan fingerprint density at radius 3 is 2.17 bits per heavy atom. The zero-order valence-corrected chi connectivity index (χ0v) is 14.6. The molecule has 1 heterocycles. The standard InChI is InChI=1S/C16H20F2N2O3S/c1-12-7-8-13(23-12)11-20(10-9-19(2)3)24(21,22)16-14(17)5-4-6-15(16)18/h4-8H,9-11H2,1-3H3. The van der Waals surface area contributed by atoms with Gasteiger partial charge in [0, 0.05) is 13.1 Å². The first kappa shape index (κ1) is 18.6. The van der Waals surface area contributed by atoms with Gasteiger partial charge in [0.25, 0.3) is 0 Å². The minimum absolute atomic E-state index is 0.0723. The van der Waals surface area contributed by atoms with E-state index < -0.39 is 26.6 Å². The Labute approximate surface area is 140 Å². The van der Waals surface area contributed by atoms with Crippen molar-refractivity contribution in [1.29, 1.82) is 0 Å². The maximum Gasteiger partial charge on any atom is 0.249 e. The number of hydrogen-bond acceptors (Lipinski definition) is 4. The maximum atomic E-state index is 14.0. The van der Waals surface area contributed by atoms with Crippen LogP contribution in [0.3, 0.4) is 0 Å². The van der Waals surface area contributed by atoms with E-state index in [1.165, 1.54) is 0 Å². The number of benzene rings is 1. The largest absolute Gasteiger partial charge is 0.465 e. The summed E-state index contributed by atoms with van der Waals surface area (Å²) in [7, 11) is -0.784. The lowest BCUT2D eigenvalue weighted by Gasteiger charge is -2.23. The molecule has 1 aromatic heterocycles. The van der Waals surface area contributed by atoms with E-state index in [-0.39, 0.29) is 13.1 Å². The van der Waals surface area contributed by atoms with E-state index in [0.29, 0.717) is 18.1 Å². The third-order valence-electron chi connectivity index (χ3n) is 3.44. The zero-order valence-electron chi connectivity index (χ0n) is 13.8. The number of hydrogen-bond donors (Lipinski definition) is 0. The van der Waals surface area contributed by atoms with Crippen molar-refractivity contribution < 1.29 is 21.6 Å². The number of furan rings is 1. The molecule has 0 aliphatic carbocycles. The number of aryl methyl sites for hydroxylation is 1. The summed E-state index contributed by atoms with van der Waals surface area (Å²) in [6, 6.07) is 6.33. The molecule has 0 fully saturated rings. The van der Waals surface area contributed by atoms with Crippen LogP contribution in [-0.2, 0) is 16.6 Å². The summed E-state index contributed by atoms with van der Waals surface area (Å²) in [5.41, 5.74) is 0. The fraction of sp³-hybridized carbons (Fsp3) is 0.375. The van der Waals surface area contributed by atoms with Crippen molar-refractivity contribution in [3.05, 3.63) is 53.5 Å². The van der Waals surface area contributed by atoms with Crippen LogP contribution in [0.5, 0.6) is 0 Å². The van der Waals surface area contributed by atoms with Crippen LogP contribution in [-0.4, -0.2) is 44.8 Å².